The molecule has 0 aromatic carbocycles. The van der Waals surface area contributed by atoms with Crippen LogP contribution in [0.5, 0.6) is 0 Å². The van der Waals surface area contributed by atoms with Crippen LogP contribution in [-0.2, 0) is 18.9 Å². The van der Waals surface area contributed by atoms with E-state index in [9.17, 15) is 0 Å². The lowest BCUT2D eigenvalue weighted by molar-refractivity contribution is -0.0741. The molecule has 5 heteroatoms. The lowest BCUT2D eigenvalue weighted by atomic mass is 9.47. The third-order valence-electron chi connectivity index (χ3n) is 17.4. The Hall–Kier alpha value is -0.980. The first-order valence-corrected chi connectivity index (χ1v) is 27.7. The van der Waals surface area contributed by atoms with E-state index in [1.54, 1.807) is 5.57 Å². The number of likely N-dealkylation sites (tertiary alicyclic amines) is 1. The normalized spacial score (nSPS) is 31.1. The van der Waals surface area contributed by atoms with Gasteiger partial charge in [0.15, 0.2) is 0 Å². The quantitative estimate of drug-likeness (QED) is 0.0497. The molecular formula is C58H103NO4. The molecule has 4 fully saturated rings. The van der Waals surface area contributed by atoms with Crippen LogP contribution in [-0.4, -0.2) is 76.4 Å². The lowest BCUT2D eigenvalue weighted by Crippen LogP contribution is -2.51. The zero-order valence-electron chi connectivity index (χ0n) is 42.7. The van der Waals surface area contributed by atoms with Crippen LogP contribution in [0, 0.1) is 52.3 Å². The minimum absolute atomic E-state index is 0.107. The van der Waals surface area contributed by atoms with Gasteiger partial charge in [-0.1, -0.05) is 142 Å². The molecule has 5 unspecified atom stereocenters. The second kappa shape index (κ2) is 29.0. The fourth-order valence-electron chi connectivity index (χ4n) is 13.7. The largest absolute Gasteiger partial charge is 0.379 e. The Morgan fingerprint density at radius 1 is 0.746 bits per heavy atom. The zero-order valence-corrected chi connectivity index (χ0v) is 42.7. The second-order valence-corrected chi connectivity index (χ2v) is 22.8. The summed E-state index contributed by atoms with van der Waals surface area (Å²) >= 11 is 0. The topological polar surface area (TPSA) is 40.2 Å². The molecule has 1 saturated heterocycles. The summed E-state index contributed by atoms with van der Waals surface area (Å²) in [5.41, 5.74) is 2.68. The average Bonchev–Trinajstić information content (AvgIpc) is 3.62. The summed E-state index contributed by atoms with van der Waals surface area (Å²) in [6.45, 7) is 24.9. The standard InChI is InChI=1S/C58H103NO4/c1-8-9-10-11-12-13-14-15-16-17-18-19-20-21-22-23-38-61-46-52(45-59-37-25-27-48(4)44-59)63-42-40-60-39-41-62-51-33-35-57(6)50(43-51)29-30-53-55-32-31-54(49(5)28-24-26-47(2)3)58(55,7)36-34-56(53)57/h12-13,15-16,29,47-49,51-56H,8-11,14,17-28,30-46H2,1-7H3/t48?,49-,51+,52?,53?,54-,55?,56?,57+,58-/m1/s1. The smallest absolute Gasteiger partial charge is 0.0936 e. The van der Waals surface area contributed by atoms with Crippen molar-refractivity contribution < 1.29 is 18.9 Å². The van der Waals surface area contributed by atoms with Gasteiger partial charge >= 0.3 is 0 Å². The molecule has 3 saturated carbocycles. The van der Waals surface area contributed by atoms with Gasteiger partial charge in [-0.25, -0.2) is 0 Å². The van der Waals surface area contributed by atoms with Crippen LogP contribution in [0.3, 0.4) is 0 Å². The molecule has 5 rings (SSSR count). The molecule has 364 valence electrons. The number of piperidine rings is 1. The molecular weight excluding hydrogens is 775 g/mol. The predicted molar refractivity (Wildman–Crippen MR) is 268 cm³/mol. The van der Waals surface area contributed by atoms with Crippen LogP contribution < -0.4 is 0 Å². The van der Waals surface area contributed by atoms with Gasteiger partial charge in [0.1, 0.15) is 0 Å². The Morgan fingerprint density at radius 3 is 2.29 bits per heavy atom. The van der Waals surface area contributed by atoms with Crippen molar-refractivity contribution in [2.45, 2.75) is 221 Å². The number of hydrogen-bond acceptors (Lipinski definition) is 5. The van der Waals surface area contributed by atoms with E-state index in [2.05, 4.69) is 83.7 Å². The van der Waals surface area contributed by atoms with Crippen LogP contribution in [0.25, 0.3) is 0 Å². The number of fused-ring (bicyclic) bond motifs is 5. The molecule has 5 nitrogen and oxygen atoms in total. The summed E-state index contributed by atoms with van der Waals surface area (Å²) in [7, 11) is 0. The molecule has 0 spiro atoms. The zero-order chi connectivity index (χ0) is 44.8. The Balaban J connectivity index is 0.923. The maximum Gasteiger partial charge on any atom is 0.0936 e. The highest BCUT2D eigenvalue weighted by atomic mass is 16.6. The third kappa shape index (κ3) is 17.2. The van der Waals surface area contributed by atoms with Crippen molar-refractivity contribution in [2.24, 2.45) is 52.3 Å². The number of nitrogens with zero attached hydrogens (tertiary/aromatic N) is 1. The van der Waals surface area contributed by atoms with E-state index in [0.29, 0.717) is 50.0 Å². The maximum atomic E-state index is 6.53. The van der Waals surface area contributed by atoms with Crippen molar-refractivity contribution in [3.8, 4) is 0 Å². The summed E-state index contributed by atoms with van der Waals surface area (Å²) in [5, 5.41) is 0. The minimum Gasteiger partial charge on any atom is -0.379 e. The van der Waals surface area contributed by atoms with E-state index in [4.69, 9.17) is 18.9 Å². The number of allylic oxidation sites excluding steroid dienone is 5. The first-order valence-electron chi connectivity index (χ1n) is 27.7. The van der Waals surface area contributed by atoms with Gasteiger partial charge in [-0.3, -0.25) is 0 Å². The van der Waals surface area contributed by atoms with Gasteiger partial charge in [0.2, 0.25) is 0 Å². The first kappa shape index (κ1) is 53.0. The van der Waals surface area contributed by atoms with E-state index in [0.717, 1.165) is 73.8 Å². The van der Waals surface area contributed by atoms with E-state index in [-0.39, 0.29) is 6.10 Å². The van der Waals surface area contributed by atoms with Crippen LogP contribution in [0.1, 0.15) is 209 Å². The van der Waals surface area contributed by atoms with Gasteiger partial charge in [0.05, 0.1) is 45.2 Å². The summed E-state index contributed by atoms with van der Waals surface area (Å²) in [6.07, 6.45) is 45.6. The molecule has 0 N–H and O–H groups in total. The van der Waals surface area contributed by atoms with Gasteiger partial charge in [-0.2, -0.15) is 0 Å². The van der Waals surface area contributed by atoms with E-state index in [1.807, 2.05) is 0 Å². The highest BCUT2D eigenvalue weighted by Crippen LogP contribution is 2.67. The number of hydrogen-bond donors (Lipinski definition) is 0. The number of unbranched alkanes of at least 4 members (excludes halogenated alkanes) is 9. The van der Waals surface area contributed by atoms with Gasteiger partial charge in [-0.05, 0) is 162 Å². The highest BCUT2D eigenvalue weighted by molar-refractivity contribution is 5.25. The monoisotopic (exact) mass is 878 g/mol. The molecule has 5 aliphatic rings. The second-order valence-electron chi connectivity index (χ2n) is 22.8. The molecule has 1 heterocycles. The van der Waals surface area contributed by atoms with E-state index in [1.165, 1.54) is 154 Å². The Kier molecular flexibility index (Phi) is 24.4. The van der Waals surface area contributed by atoms with Crippen molar-refractivity contribution >= 4 is 0 Å². The van der Waals surface area contributed by atoms with Crippen LogP contribution >= 0.6 is 0 Å². The van der Waals surface area contributed by atoms with E-state index < -0.39 is 0 Å². The summed E-state index contributed by atoms with van der Waals surface area (Å²) < 4.78 is 25.3. The SMILES string of the molecule is CCCCCC=CCC=CCCCCCCCCOCC(CN1CCCC(C)C1)OCCOCCO[C@H]1CC[C@@]2(C)C(=CCC3C2CC[C@@]2(C)C3CC[C@@H]2[C@H](C)CCCC(C)C)C1. The molecule has 63 heavy (non-hydrogen) atoms. The molecule has 0 bridgehead atoms. The molecule has 0 amide bonds. The lowest BCUT2D eigenvalue weighted by Gasteiger charge is -2.58. The fourth-order valence-corrected chi connectivity index (χ4v) is 13.7. The highest BCUT2D eigenvalue weighted by Gasteiger charge is 2.59. The summed E-state index contributed by atoms with van der Waals surface area (Å²) in [4.78, 5) is 2.60. The predicted octanol–water partition coefficient (Wildman–Crippen LogP) is 15.4. The van der Waals surface area contributed by atoms with Gasteiger partial charge < -0.3 is 23.8 Å². The van der Waals surface area contributed by atoms with Crippen LogP contribution in [0.15, 0.2) is 36.0 Å². The molecule has 0 aromatic rings. The first-order chi connectivity index (χ1) is 30.6. The van der Waals surface area contributed by atoms with E-state index >= 15 is 0 Å². The van der Waals surface area contributed by atoms with Gasteiger partial charge in [0, 0.05) is 19.7 Å². The van der Waals surface area contributed by atoms with Gasteiger partial charge in [0.25, 0.3) is 0 Å². The summed E-state index contributed by atoms with van der Waals surface area (Å²) in [5.74, 6) is 6.13. The third-order valence-corrected chi connectivity index (χ3v) is 17.4. The Labute approximate surface area is 391 Å². The van der Waals surface area contributed by atoms with Crippen molar-refractivity contribution in [3.05, 3.63) is 36.0 Å². The Morgan fingerprint density at radius 2 is 1.51 bits per heavy atom. The molecule has 4 aliphatic carbocycles. The average molecular weight is 878 g/mol. The summed E-state index contributed by atoms with van der Waals surface area (Å²) in [6, 6.07) is 0. The van der Waals surface area contributed by atoms with Crippen molar-refractivity contribution in [1.29, 1.82) is 0 Å². The number of ether oxygens (including phenoxy) is 4. The molecule has 0 radical (unpaired) electrons. The Bertz CT molecular complexity index is 1310. The maximum absolute atomic E-state index is 6.53. The molecule has 1 aliphatic heterocycles. The molecule has 0 aromatic heterocycles. The van der Waals surface area contributed by atoms with Crippen LogP contribution in [0.2, 0.25) is 0 Å². The fraction of sp³-hybridized carbons (Fsp3) is 0.897. The van der Waals surface area contributed by atoms with Gasteiger partial charge in [-0.15, -0.1) is 0 Å². The minimum atomic E-state index is 0.107. The number of rotatable bonds is 32. The van der Waals surface area contributed by atoms with Crippen molar-refractivity contribution in [3.63, 3.8) is 0 Å². The van der Waals surface area contributed by atoms with Crippen molar-refractivity contribution in [1.82, 2.24) is 4.90 Å². The molecule has 10 atom stereocenters. The van der Waals surface area contributed by atoms with Crippen molar-refractivity contribution in [2.75, 3.05) is 59.3 Å². The van der Waals surface area contributed by atoms with Crippen LogP contribution in [0.4, 0.5) is 0 Å².